The molecule has 1 aliphatic heterocycles. The summed E-state index contributed by atoms with van der Waals surface area (Å²) in [6.07, 6.45) is -0.471. The van der Waals surface area contributed by atoms with Gasteiger partial charge in [0.05, 0.1) is 6.54 Å². The van der Waals surface area contributed by atoms with Gasteiger partial charge in [-0.25, -0.2) is 9.18 Å². The first-order chi connectivity index (χ1) is 7.51. The van der Waals surface area contributed by atoms with Crippen LogP contribution in [-0.4, -0.2) is 39.3 Å². The van der Waals surface area contributed by atoms with E-state index in [1.807, 2.05) is 0 Å². The number of aromatic nitrogens is 2. The van der Waals surface area contributed by atoms with Crippen molar-refractivity contribution in [2.45, 2.75) is 25.4 Å². The number of alkyl halides is 1. The van der Waals surface area contributed by atoms with Crippen molar-refractivity contribution < 1.29 is 18.8 Å². The van der Waals surface area contributed by atoms with Crippen LogP contribution in [0.3, 0.4) is 0 Å². The lowest BCUT2D eigenvalue weighted by Crippen LogP contribution is -2.46. The van der Waals surface area contributed by atoms with Crippen molar-refractivity contribution in [2.24, 2.45) is 0 Å². The molecule has 1 saturated heterocycles. The molecule has 0 bridgehead atoms. The Labute approximate surface area is 91.0 Å². The molecular weight excluding hydrogens is 217 g/mol. The van der Waals surface area contributed by atoms with Gasteiger partial charge in [0.25, 0.3) is 5.89 Å². The zero-order valence-electron chi connectivity index (χ0n) is 8.81. The quantitative estimate of drug-likeness (QED) is 0.785. The maximum absolute atomic E-state index is 14.4. The second-order valence-electron chi connectivity index (χ2n) is 3.92. The van der Waals surface area contributed by atoms with Crippen LogP contribution >= 0.6 is 0 Å². The predicted octanol–water partition coefficient (Wildman–Crippen LogP) is 1.32. The fourth-order valence-electron chi connectivity index (χ4n) is 1.83. The Morgan fingerprint density at radius 2 is 2.44 bits per heavy atom. The molecule has 16 heavy (non-hydrogen) atoms. The highest BCUT2D eigenvalue weighted by Crippen LogP contribution is 2.34. The van der Waals surface area contributed by atoms with Gasteiger partial charge in [-0.15, -0.1) is 0 Å². The Balaban J connectivity index is 2.21. The molecule has 1 fully saturated rings. The molecule has 0 aliphatic carbocycles. The number of aryl methyl sites for hydroxylation is 1. The van der Waals surface area contributed by atoms with Crippen LogP contribution in [-0.2, 0) is 5.67 Å². The van der Waals surface area contributed by atoms with Crippen molar-refractivity contribution in [3.05, 3.63) is 11.7 Å². The van der Waals surface area contributed by atoms with Crippen molar-refractivity contribution in [1.82, 2.24) is 15.0 Å². The van der Waals surface area contributed by atoms with Crippen LogP contribution in [0.5, 0.6) is 0 Å². The van der Waals surface area contributed by atoms with Gasteiger partial charge in [0.15, 0.2) is 5.82 Å². The summed E-state index contributed by atoms with van der Waals surface area (Å²) in [6, 6.07) is 0. The number of rotatable bonds is 1. The summed E-state index contributed by atoms with van der Waals surface area (Å²) in [7, 11) is 0. The number of likely N-dealkylation sites (tertiary alicyclic amines) is 1. The van der Waals surface area contributed by atoms with Gasteiger partial charge in [0.1, 0.15) is 0 Å². The van der Waals surface area contributed by atoms with E-state index in [2.05, 4.69) is 10.1 Å². The Morgan fingerprint density at radius 1 is 1.69 bits per heavy atom. The minimum Gasteiger partial charge on any atom is -0.465 e. The van der Waals surface area contributed by atoms with E-state index >= 15 is 0 Å². The van der Waals surface area contributed by atoms with Crippen molar-refractivity contribution in [3.8, 4) is 0 Å². The summed E-state index contributed by atoms with van der Waals surface area (Å²) in [5.74, 6) is 0.218. The van der Waals surface area contributed by atoms with Crippen LogP contribution in [0.1, 0.15) is 24.6 Å². The maximum Gasteiger partial charge on any atom is 0.407 e. The van der Waals surface area contributed by atoms with E-state index in [-0.39, 0.29) is 18.9 Å². The minimum absolute atomic E-state index is 0.129. The lowest BCUT2D eigenvalue weighted by atomic mass is 9.95. The molecule has 0 spiro atoms. The molecule has 1 aliphatic rings. The summed E-state index contributed by atoms with van der Waals surface area (Å²) in [5, 5.41) is 12.3. The molecular formula is C9H12FN3O3. The third-order valence-electron chi connectivity index (χ3n) is 2.62. The number of carbonyl (C=O) groups is 1. The van der Waals surface area contributed by atoms with E-state index in [9.17, 15) is 9.18 Å². The average Bonchev–Trinajstić information content (AvgIpc) is 2.65. The van der Waals surface area contributed by atoms with Crippen molar-refractivity contribution in [2.75, 3.05) is 13.1 Å². The summed E-state index contributed by atoms with van der Waals surface area (Å²) in [4.78, 5) is 15.6. The average molecular weight is 229 g/mol. The highest BCUT2D eigenvalue weighted by atomic mass is 19.1. The molecule has 1 aromatic heterocycles. The number of halogens is 1. The van der Waals surface area contributed by atoms with E-state index < -0.39 is 11.8 Å². The smallest absolute Gasteiger partial charge is 0.407 e. The predicted molar refractivity (Wildman–Crippen MR) is 50.7 cm³/mol. The lowest BCUT2D eigenvalue weighted by Gasteiger charge is -2.33. The Morgan fingerprint density at radius 3 is 3.00 bits per heavy atom. The van der Waals surface area contributed by atoms with Gasteiger partial charge >= 0.3 is 6.09 Å². The first-order valence-corrected chi connectivity index (χ1v) is 4.99. The topological polar surface area (TPSA) is 79.5 Å². The van der Waals surface area contributed by atoms with Crippen LogP contribution in [0.2, 0.25) is 0 Å². The molecule has 1 unspecified atom stereocenters. The SMILES string of the molecule is Cc1noc(C2(F)CCCN(C(=O)O)C2)n1. The van der Waals surface area contributed by atoms with Crippen LogP contribution in [0, 0.1) is 6.92 Å². The molecule has 88 valence electrons. The number of carboxylic acid groups (broad SMARTS) is 1. The molecule has 7 heteroatoms. The Hall–Kier alpha value is -1.66. The summed E-state index contributed by atoms with van der Waals surface area (Å²) in [5.41, 5.74) is -1.85. The molecule has 6 nitrogen and oxygen atoms in total. The molecule has 2 rings (SSSR count). The van der Waals surface area contributed by atoms with Crippen LogP contribution in [0.4, 0.5) is 9.18 Å². The fraction of sp³-hybridized carbons (Fsp3) is 0.667. The molecule has 2 heterocycles. The van der Waals surface area contributed by atoms with Gasteiger partial charge in [0.2, 0.25) is 5.67 Å². The van der Waals surface area contributed by atoms with Gasteiger partial charge in [-0.3, -0.25) is 0 Å². The standard InChI is InChI=1S/C9H12FN3O3/c1-6-11-7(16-12-6)9(10)3-2-4-13(5-9)8(14)15/h2-5H2,1H3,(H,14,15). The largest absolute Gasteiger partial charge is 0.465 e. The maximum atomic E-state index is 14.4. The lowest BCUT2D eigenvalue weighted by molar-refractivity contribution is 0.0195. The van der Waals surface area contributed by atoms with Crippen LogP contribution in [0.15, 0.2) is 4.52 Å². The molecule has 0 radical (unpaired) electrons. The molecule has 1 atom stereocenters. The van der Waals surface area contributed by atoms with Crippen molar-refractivity contribution in [1.29, 1.82) is 0 Å². The normalized spacial score (nSPS) is 25.8. The van der Waals surface area contributed by atoms with Crippen molar-refractivity contribution >= 4 is 6.09 Å². The zero-order valence-corrected chi connectivity index (χ0v) is 8.81. The van der Waals surface area contributed by atoms with Crippen molar-refractivity contribution in [3.63, 3.8) is 0 Å². The number of amides is 1. The second kappa shape index (κ2) is 3.73. The van der Waals surface area contributed by atoms with E-state index in [1.54, 1.807) is 6.92 Å². The third kappa shape index (κ3) is 1.84. The minimum atomic E-state index is -1.85. The number of hydrogen-bond donors (Lipinski definition) is 1. The number of hydrogen-bond acceptors (Lipinski definition) is 4. The molecule has 1 aromatic rings. The molecule has 1 amide bonds. The van der Waals surface area contributed by atoms with Crippen LogP contribution < -0.4 is 0 Å². The summed E-state index contributed by atoms with van der Waals surface area (Å²) >= 11 is 0. The highest BCUT2D eigenvalue weighted by molar-refractivity contribution is 5.65. The van der Waals surface area contributed by atoms with Gasteiger partial charge in [-0.1, -0.05) is 5.16 Å². The summed E-state index contributed by atoms with van der Waals surface area (Å²) in [6.45, 7) is 1.69. The molecule has 0 aromatic carbocycles. The van der Waals surface area contributed by atoms with E-state index in [0.29, 0.717) is 18.8 Å². The third-order valence-corrected chi connectivity index (χ3v) is 2.62. The van der Waals surface area contributed by atoms with Gasteiger partial charge in [-0.05, 0) is 19.8 Å². The first-order valence-electron chi connectivity index (χ1n) is 4.99. The van der Waals surface area contributed by atoms with Gasteiger partial charge in [0, 0.05) is 6.54 Å². The molecule has 0 saturated carbocycles. The fourth-order valence-corrected chi connectivity index (χ4v) is 1.83. The van der Waals surface area contributed by atoms with Crippen LogP contribution in [0.25, 0.3) is 0 Å². The number of nitrogens with zero attached hydrogens (tertiary/aromatic N) is 3. The summed E-state index contributed by atoms with van der Waals surface area (Å²) < 4.78 is 19.2. The van der Waals surface area contributed by atoms with E-state index in [4.69, 9.17) is 9.63 Å². The Kier molecular flexibility index (Phi) is 2.53. The second-order valence-corrected chi connectivity index (χ2v) is 3.92. The monoisotopic (exact) mass is 229 g/mol. The first kappa shape index (κ1) is 10.8. The molecule has 1 N–H and O–H groups in total. The zero-order chi connectivity index (χ0) is 11.8. The van der Waals surface area contributed by atoms with Gasteiger partial charge in [-0.2, -0.15) is 4.98 Å². The van der Waals surface area contributed by atoms with E-state index in [0.717, 1.165) is 4.90 Å². The van der Waals surface area contributed by atoms with E-state index in [1.165, 1.54) is 0 Å². The highest BCUT2D eigenvalue weighted by Gasteiger charge is 2.43. The number of piperidine rings is 1. The Bertz CT molecular complexity index is 408. The van der Waals surface area contributed by atoms with Gasteiger partial charge < -0.3 is 14.5 Å².